The van der Waals surface area contributed by atoms with E-state index in [1.165, 1.54) is 13.2 Å². The molecule has 25 heavy (non-hydrogen) atoms. The van der Waals surface area contributed by atoms with Gasteiger partial charge in [0.2, 0.25) is 0 Å². The smallest absolute Gasteiger partial charge is 0.305 e. The van der Waals surface area contributed by atoms with Gasteiger partial charge >= 0.3 is 5.97 Å². The van der Waals surface area contributed by atoms with Gasteiger partial charge in [-0.15, -0.1) is 24.0 Å². The molecule has 0 amide bonds. The number of benzene rings is 1. The summed E-state index contributed by atoms with van der Waals surface area (Å²) in [4.78, 5) is 15.1. The minimum Gasteiger partial charge on any atom is -0.469 e. The number of aryl methyl sites for hydroxylation is 1. The van der Waals surface area contributed by atoms with Gasteiger partial charge in [-0.2, -0.15) is 0 Å². The first-order valence-corrected chi connectivity index (χ1v) is 8.33. The SMILES string of the molecule is CN=C(NCCCCCCC(=O)OC)NCc1ccc(C)c(F)c1.I. The van der Waals surface area contributed by atoms with Crippen LogP contribution in [0.1, 0.15) is 43.2 Å². The average Bonchev–Trinajstić information content (AvgIpc) is 2.59. The van der Waals surface area contributed by atoms with Gasteiger partial charge in [0, 0.05) is 26.6 Å². The Kier molecular flexibility index (Phi) is 13.1. The summed E-state index contributed by atoms with van der Waals surface area (Å²) < 4.78 is 18.1. The normalized spacial score (nSPS) is 10.8. The maximum atomic E-state index is 13.5. The van der Waals surface area contributed by atoms with Crippen molar-refractivity contribution in [1.82, 2.24) is 10.6 Å². The number of hydrogen-bond acceptors (Lipinski definition) is 3. The van der Waals surface area contributed by atoms with Crippen molar-refractivity contribution in [2.24, 2.45) is 4.99 Å². The zero-order valence-corrected chi connectivity index (χ0v) is 17.6. The molecule has 0 fully saturated rings. The topological polar surface area (TPSA) is 62.7 Å². The van der Waals surface area contributed by atoms with E-state index in [-0.39, 0.29) is 35.8 Å². The highest BCUT2D eigenvalue weighted by molar-refractivity contribution is 14.0. The first kappa shape index (κ1) is 23.6. The molecule has 0 unspecified atom stereocenters. The molecule has 0 radical (unpaired) electrons. The number of guanidine groups is 1. The van der Waals surface area contributed by atoms with E-state index >= 15 is 0 Å². The molecule has 0 aliphatic rings. The minimum absolute atomic E-state index is 0. The van der Waals surface area contributed by atoms with Crippen LogP contribution < -0.4 is 10.6 Å². The quantitative estimate of drug-likeness (QED) is 0.193. The highest BCUT2D eigenvalue weighted by Crippen LogP contribution is 2.08. The number of halogens is 2. The zero-order valence-electron chi connectivity index (χ0n) is 15.2. The molecule has 5 nitrogen and oxygen atoms in total. The van der Waals surface area contributed by atoms with Crippen molar-refractivity contribution in [2.75, 3.05) is 20.7 Å². The van der Waals surface area contributed by atoms with Crippen molar-refractivity contribution in [3.05, 3.63) is 35.1 Å². The molecule has 1 rings (SSSR count). The Bertz CT molecular complexity index is 553. The van der Waals surface area contributed by atoms with Crippen LogP contribution in [0.3, 0.4) is 0 Å². The summed E-state index contributed by atoms with van der Waals surface area (Å²) in [7, 11) is 3.12. The van der Waals surface area contributed by atoms with Gasteiger partial charge in [-0.1, -0.05) is 25.0 Å². The summed E-state index contributed by atoms with van der Waals surface area (Å²) in [5.74, 6) is 0.361. The highest BCUT2D eigenvalue weighted by atomic mass is 127. The molecular weight excluding hydrogens is 436 g/mol. The molecule has 0 aliphatic carbocycles. The Morgan fingerprint density at radius 2 is 1.92 bits per heavy atom. The molecule has 7 heteroatoms. The van der Waals surface area contributed by atoms with Gasteiger partial charge in [-0.25, -0.2) is 4.39 Å². The van der Waals surface area contributed by atoms with E-state index in [2.05, 4.69) is 20.4 Å². The fraction of sp³-hybridized carbons (Fsp3) is 0.556. The fourth-order valence-corrected chi connectivity index (χ4v) is 2.21. The van der Waals surface area contributed by atoms with E-state index < -0.39 is 0 Å². The van der Waals surface area contributed by atoms with Crippen molar-refractivity contribution >= 4 is 35.9 Å². The van der Waals surface area contributed by atoms with Crippen molar-refractivity contribution in [3.8, 4) is 0 Å². The summed E-state index contributed by atoms with van der Waals surface area (Å²) in [6.45, 7) is 3.08. The maximum Gasteiger partial charge on any atom is 0.305 e. The van der Waals surface area contributed by atoms with Gasteiger partial charge in [-0.3, -0.25) is 9.79 Å². The van der Waals surface area contributed by atoms with E-state index in [0.717, 1.165) is 37.8 Å². The van der Waals surface area contributed by atoms with E-state index in [4.69, 9.17) is 0 Å². The molecule has 0 aromatic heterocycles. The van der Waals surface area contributed by atoms with E-state index in [1.54, 1.807) is 20.0 Å². The van der Waals surface area contributed by atoms with Crippen molar-refractivity contribution < 1.29 is 13.9 Å². The third kappa shape index (κ3) is 10.3. The lowest BCUT2D eigenvalue weighted by molar-refractivity contribution is -0.140. The largest absolute Gasteiger partial charge is 0.469 e. The minimum atomic E-state index is -0.191. The molecule has 142 valence electrons. The summed E-state index contributed by atoms with van der Waals surface area (Å²) in [6, 6.07) is 5.22. The lowest BCUT2D eigenvalue weighted by Crippen LogP contribution is -2.37. The number of hydrogen-bond donors (Lipinski definition) is 2. The summed E-state index contributed by atoms with van der Waals surface area (Å²) >= 11 is 0. The molecule has 0 bridgehead atoms. The Morgan fingerprint density at radius 1 is 1.20 bits per heavy atom. The molecular formula is C18H29FIN3O2. The second kappa shape index (κ2) is 13.9. The summed E-state index contributed by atoms with van der Waals surface area (Å²) in [5.41, 5.74) is 1.53. The number of unbranched alkanes of at least 4 members (excludes halogenated alkanes) is 3. The number of carbonyl (C=O) groups excluding carboxylic acids is 1. The number of esters is 1. The predicted molar refractivity (Wildman–Crippen MR) is 110 cm³/mol. The van der Waals surface area contributed by atoms with Crippen molar-refractivity contribution in [1.29, 1.82) is 0 Å². The van der Waals surface area contributed by atoms with Gasteiger partial charge in [0.25, 0.3) is 0 Å². The van der Waals surface area contributed by atoms with Gasteiger partial charge in [0.1, 0.15) is 5.82 Å². The molecule has 0 saturated carbocycles. The van der Waals surface area contributed by atoms with Crippen molar-refractivity contribution in [3.63, 3.8) is 0 Å². The highest BCUT2D eigenvalue weighted by Gasteiger charge is 2.02. The molecule has 0 heterocycles. The van der Waals surface area contributed by atoms with Crippen LogP contribution in [0.25, 0.3) is 0 Å². The third-order valence-electron chi connectivity index (χ3n) is 3.75. The molecule has 0 atom stereocenters. The number of ether oxygens (including phenoxy) is 1. The standard InChI is InChI=1S/C18H28FN3O2.HI/c1-14-9-10-15(12-16(14)19)13-22-18(20-2)21-11-7-5-4-6-8-17(23)24-3;/h9-10,12H,4-8,11,13H2,1-3H3,(H2,20,21,22);1H. The first-order chi connectivity index (χ1) is 11.6. The van der Waals surface area contributed by atoms with Crippen LogP contribution in [-0.2, 0) is 16.1 Å². The predicted octanol–water partition coefficient (Wildman–Crippen LogP) is 3.54. The van der Waals surface area contributed by atoms with E-state index in [1.807, 2.05) is 6.07 Å². The fourth-order valence-electron chi connectivity index (χ4n) is 2.21. The molecule has 1 aromatic rings. The van der Waals surface area contributed by atoms with Crippen molar-refractivity contribution in [2.45, 2.75) is 45.6 Å². The van der Waals surface area contributed by atoms with E-state index in [9.17, 15) is 9.18 Å². The third-order valence-corrected chi connectivity index (χ3v) is 3.75. The van der Waals surface area contributed by atoms with Gasteiger partial charge in [0.05, 0.1) is 7.11 Å². The second-order valence-corrected chi connectivity index (χ2v) is 5.68. The van der Waals surface area contributed by atoms with Crippen LogP contribution in [0.5, 0.6) is 0 Å². The Labute approximate surface area is 166 Å². The lowest BCUT2D eigenvalue weighted by atomic mass is 10.1. The molecule has 0 spiro atoms. The van der Waals surface area contributed by atoms with Gasteiger partial charge in [0.15, 0.2) is 5.96 Å². The van der Waals surface area contributed by atoms with Crippen LogP contribution in [-0.4, -0.2) is 32.6 Å². The monoisotopic (exact) mass is 465 g/mol. The number of nitrogens with zero attached hydrogens (tertiary/aromatic N) is 1. The second-order valence-electron chi connectivity index (χ2n) is 5.68. The van der Waals surface area contributed by atoms with Gasteiger partial charge < -0.3 is 15.4 Å². The lowest BCUT2D eigenvalue weighted by Gasteiger charge is -2.12. The van der Waals surface area contributed by atoms with E-state index in [0.29, 0.717) is 24.5 Å². The molecule has 0 saturated heterocycles. The first-order valence-electron chi connectivity index (χ1n) is 8.33. The summed E-state index contributed by atoms with van der Waals surface area (Å²) in [6.07, 6.45) is 4.40. The van der Waals surface area contributed by atoms with Crippen LogP contribution in [0.4, 0.5) is 4.39 Å². The number of carbonyl (C=O) groups is 1. The number of rotatable bonds is 9. The number of methoxy groups -OCH3 is 1. The average molecular weight is 465 g/mol. The Hall–Kier alpha value is -1.38. The molecule has 2 N–H and O–H groups in total. The van der Waals surface area contributed by atoms with Crippen LogP contribution in [0.15, 0.2) is 23.2 Å². The Balaban J connectivity index is 0.00000576. The Morgan fingerprint density at radius 3 is 2.56 bits per heavy atom. The van der Waals surface area contributed by atoms with Gasteiger partial charge in [-0.05, 0) is 37.0 Å². The summed E-state index contributed by atoms with van der Waals surface area (Å²) in [5, 5.41) is 6.40. The zero-order chi connectivity index (χ0) is 17.8. The van der Waals surface area contributed by atoms with Crippen LogP contribution in [0.2, 0.25) is 0 Å². The molecule has 1 aromatic carbocycles. The number of aliphatic imine (C=N–C) groups is 1. The maximum absolute atomic E-state index is 13.5. The van der Waals surface area contributed by atoms with Crippen LogP contribution >= 0.6 is 24.0 Å². The number of nitrogens with one attached hydrogen (secondary N) is 2. The molecule has 0 aliphatic heterocycles. The van der Waals surface area contributed by atoms with Crippen LogP contribution in [0, 0.1) is 12.7 Å².